The van der Waals surface area contributed by atoms with Crippen LogP contribution in [0.4, 0.5) is 17.1 Å². The Balaban J connectivity index is 0.00000420. The Hall–Kier alpha value is -4.63. The lowest BCUT2D eigenvalue weighted by Gasteiger charge is -2.19. The minimum absolute atomic E-state index is 0. The quantitative estimate of drug-likeness (QED) is 0.111. The maximum atomic E-state index is 12.1. The molecule has 1 aromatic heterocycles. The number of carbonyl (C=O) groups excluding carboxylic acids is 1. The van der Waals surface area contributed by atoms with E-state index in [1.807, 2.05) is 0 Å². The number of nitrogens with zero attached hydrogens (tertiary/aromatic N) is 4. The van der Waals surface area contributed by atoms with Gasteiger partial charge in [0.1, 0.15) is 24.6 Å². The van der Waals surface area contributed by atoms with Gasteiger partial charge in [-0.1, -0.05) is 0 Å². The van der Waals surface area contributed by atoms with E-state index in [9.17, 15) is 25.0 Å². The van der Waals surface area contributed by atoms with Crippen LogP contribution in [-0.2, 0) is 6.54 Å². The van der Waals surface area contributed by atoms with Crippen LogP contribution in [0.15, 0.2) is 66.0 Å². The second kappa shape index (κ2) is 13.3. The van der Waals surface area contributed by atoms with E-state index in [1.54, 1.807) is 47.3 Å². The molecule has 4 rings (SSSR count). The number of aliphatic hydroxyl groups excluding tert-OH is 1. The molecule has 15 heteroatoms. The Kier molecular flexibility index (Phi) is 9.83. The molecule has 0 fully saturated rings. The van der Waals surface area contributed by atoms with Gasteiger partial charge in [-0.2, -0.15) is 9.67 Å². The van der Waals surface area contributed by atoms with Crippen LogP contribution in [0.1, 0.15) is 15.9 Å². The van der Waals surface area contributed by atoms with Gasteiger partial charge in [-0.15, -0.1) is 0 Å². The highest BCUT2D eigenvalue weighted by atomic mass is 79.9. The van der Waals surface area contributed by atoms with Gasteiger partial charge >= 0.3 is 5.69 Å². The first-order valence-corrected chi connectivity index (χ1v) is 11.4. The van der Waals surface area contributed by atoms with Gasteiger partial charge in [0.05, 0.1) is 28.1 Å². The number of halogens is 1. The molecular weight excluding hydrogens is 580 g/mol. The van der Waals surface area contributed by atoms with E-state index < -0.39 is 21.2 Å². The molecule has 14 nitrogen and oxygen atoms in total. The van der Waals surface area contributed by atoms with Crippen molar-refractivity contribution in [2.75, 3.05) is 31.8 Å². The number of non-ortho nitro benzene ring substituents is 1. The van der Waals surface area contributed by atoms with Crippen molar-refractivity contribution in [2.45, 2.75) is 6.54 Å². The Bertz CT molecular complexity index is 1400. The average molecular weight is 603 g/mol. The minimum atomic E-state index is -0.732. The molecule has 0 radical (unpaired) electrons. The third-order valence-corrected chi connectivity index (χ3v) is 5.46. The molecule has 1 aliphatic heterocycles. The number of aliphatic hydroxyl groups is 1. The summed E-state index contributed by atoms with van der Waals surface area (Å²) in [7, 11) is 0. The normalized spacial score (nSPS) is 12.2. The maximum absolute atomic E-state index is 12.1. The average Bonchev–Trinajstić information content (AvgIpc) is 2.93. The maximum Gasteiger partial charge on any atom is 0.301 e. The summed E-state index contributed by atoms with van der Waals surface area (Å²) in [6.07, 6.45) is 3.32. The summed E-state index contributed by atoms with van der Waals surface area (Å²) >= 11 is 0. The van der Waals surface area contributed by atoms with Gasteiger partial charge in [0.25, 0.3) is 11.6 Å². The summed E-state index contributed by atoms with van der Waals surface area (Å²) in [5.74, 6) is 0.756. The second-order valence-electron chi connectivity index (χ2n) is 7.98. The summed E-state index contributed by atoms with van der Waals surface area (Å²) in [4.78, 5) is 33.2. The van der Waals surface area contributed by atoms with Crippen LogP contribution in [0.3, 0.4) is 0 Å². The molecule has 0 atom stereocenters. The molecule has 1 aliphatic rings. The van der Waals surface area contributed by atoms with Crippen LogP contribution < -0.4 is 41.8 Å². The van der Waals surface area contributed by atoms with E-state index >= 15 is 0 Å². The molecule has 0 saturated carbocycles. The largest absolute Gasteiger partial charge is 1.00 e. The van der Waals surface area contributed by atoms with Gasteiger partial charge in [-0.3, -0.25) is 30.4 Å². The number of hydrogen-bond donors (Lipinski definition) is 3. The van der Waals surface area contributed by atoms with Crippen molar-refractivity contribution in [2.24, 2.45) is 5.10 Å². The van der Waals surface area contributed by atoms with E-state index in [2.05, 4.69) is 15.8 Å². The van der Waals surface area contributed by atoms with E-state index in [1.165, 1.54) is 6.07 Å². The number of rotatable bonds is 10. The molecule has 0 saturated heterocycles. The number of amides is 1. The SMILES string of the molecule is O=C(NCCO)c1cc[n+](C/C(=N/Nc2ccc([N+](=O)[O-])cc2[N+](=O)[O-])c2ccc3c(c2)OCCO3)cc1.[Br-]. The summed E-state index contributed by atoms with van der Waals surface area (Å²) < 4.78 is 13.0. The van der Waals surface area contributed by atoms with Crippen LogP contribution in [0.25, 0.3) is 0 Å². The number of carbonyl (C=O) groups is 1. The fourth-order valence-electron chi connectivity index (χ4n) is 3.58. The lowest BCUT2D eigenvalue weighted by molar-refractivity contribution is -0.681. The van der Waals surface area contributed by atoms with Crippen LogP contribution >= 0.6 is 0 Å². The Labute approximate surface area is 231 Å². The van der Waals surface area contributed by atoms with Crippen molar-refractivity contribution in [1.29, 1.82) is 0 Å². The van der Waals surface area contributed by atoms with Gasteiger partial charge in [0, 0.05) is 30.3 Å². The fraction of sp³-hybridized carbons (Fsp3) is 0.208. The number of aromatic nitrogens is 1. The number of nitrogens with one attached hydrogen (secondary N) is 2. The second-order valence-corrected chi connectivity index (χ2v) is 7.98. The molecule has 3 N–H and O–H groups in total. The van der Waals surface area contributed by atoms with E-state index in [-0.39, 0.29) is 48.3 Å². The van der Waals surface area contributed by atoms with E-state index in [0.29, 0.717) is 41.6 Å². The smallest absolute Gasteiger partial charge is 0.301 e. The number of pyridine rings is 1. The third kappa shape index (κ3) is 7.24. The summed E-state index contributed by atoms with van der Waals surface area (Å²) in [6.45, 7) is 0.951. The zero-order valence-corrected chi connectivity index (χ0v) is 21.9. The number of anilines is 1. The number of nitro groups is 2. The fourth-order valence-corrected chi connectivity index (χ4v) is 3.58. The topological polar surface area (TPSA) is 182 Å². The number of nitro benzene ring substituents is 2. The van der Waals surface area contributed by atoms with Crippen LogP contribution in [-0.4, -0.2) is 52.9 Å². The van der Waals surface area contributed by atoms with Gasteiger partial charge in [-0.05, 0) is 24.3 Å². The Morgan fingerprint density at radius 2 is 1.69 bits per heavy atom. The molecule has 0 bridgehead atoms. The van der Waals surface area contributed by atoms with Gasteiger partial charge in [0.2, 0.25) is 0 Å². The molecule has 0 spiro atoms. The van der Waals surface area contributed by atoms with Crippen LogP contribution in [0.5, 0.6) is 11.5 Å². The zero-order valence-electron chi connectivity index (χ0n) is 20.3. The highest BCUT2D eigenvalue weighted by Gasteiger charge is 2.21. The number of hydrazone groups is 1. The number of hydrogen-bond acceptors (Lipinski definition) is 10. The van der Waals surface area contributed by atoms with Crippen molar-refractivity contribution in [3.63, 3.8) is 0 Å². The first-order valence-electron chi connectivity index (χ1n) is 11.4. The lowest BCUT2D eigenvalue weighted by Crippen LogP contribution is -3.00. The standard InChI is InChI=1S/C24H22N6O8.BrH/c31-10-7-25-24(32)16-5-8-28(9-6-16)15-20(17-1-4-22-23(13-17)38-12-11-37-22)27-26-19-3-2-18(29(33)34)14-21(19)30(35)36;/h1-6,8-9,13-14,26,31H,7,10-12,15H2;1H/b27-20-;. The van der Waals surface area contributed by atoms with Crippen molar-refractivity contribution in [1.82, 2.24) is 5.32 Å². The van der Waals surface area contributed by atoms with Gasteiger partial charge in [0.15, 0.2) is 30.4 Å². The van der Waals surface area contributed by atoms with Crippen molar-refractivity contribution in [3.8, 4) is 11.5 Å². The summed E-state index contributed by atoms with van der Waals surface area (Å²) in [5, 5.41) is 38.4. The predicted octanol–water partition coefficient (Wildman–Crippen LogP) is -1.20. The van der Waals surface area contributed by atoms with Gasteiger partial charge in [-0.25, -0.2) is 0 Å². The van der Waals surface area contributed by atoms with Crippen molar-refractivity contribution in [3.05, 3.63) is 92.3 Å². The highest BCUT2D eigenvalue weighted by molar-refractivity contribution is 6.00. The molecular formula is C24H23BrN6O8. The Morgan fingerprint density at radius 3 is 2.36 bits per heavy atom. The number of benzene rings is 2. The number of ether oxygens (including phenoxy) is 2. The highest BCUT2D eigenvalue weighted by Crippen LogP contribution is 2.32. The molecule has 3 aromatic rings. The van der Waals surface area contributed by atoms with Crippen molar-refractivity contribution >= 4 is 28.7 Å². The van der Waals surface area contributed by atoms with E-state index in [4.69, 9.17) is 14.6 Å². The first-order chi connectivity index (χ1) is 18.4. The molecule has 0 aliphatic carbocycles. The third-order valence-electron chi connectivity index (χ3n) is 5.46. The molecule has 0 unspecified atom stereocenters. The molecule has 39 heavy (non-hydrogen) atoms. The van der Waals surface area contributed by atoms with Crippen LogP contribution in [0.2, 0.25) is 0 Å². The molecule has 204 valence electrons. The van der Waals surface area contributed by atoms with Gasteiger partial charge < -0.3 is 36.9 Å². The minimum Gasteiger partial charge on any atom is -1.00 e. The summed E-state index contributed by atoms with van der Waals surface area (Å²) in [5.41, 5.74) is 3.17. The first kappa shape index (κ1) is 28.9. The molecule has 2 aromatic carbocycles. The summed E-state index contributed by atoms with van der Waals surface area (Å²) in [6, 6.07) is 11.6. The van der Waals surface area contributed by atoms with Crippen molar-refractivity contribution < 1.29 is 50.8 Å². The monoisotopic (exact) mass is 602 g/mol. The van der Waals surface area contributed by atoms with E-state index in [0.717, 1.165) is 12.1 Å². The van der Waals surface area contributed by atoms with Crippen LogP contribution in [0, 0.1) is 20.2 Å². The lowest BCUT2D eigenvalue weighted by atomic mass is 10.1. The zero-order chi connectivity index (χ0) is 27.1. The molecule has 1 amide bonds. The molecule has 2 heterocycles. The number of fused-ring (bicyclic) bond motifs is 1. The predicted molar refractivity (Wildman–Crippen MR) is 133 cm³/mol. The Morgan fingerprint density at radius 1 is 0.974 bits per heavy atom.